The van der Waals surface area contributed by atoms with Crippen LogP contribution in [0.2, 0.25) is 0 Å². The van der Waals surface area contributed by atoms with Crippen LogP contribution in [0.5, 0.6) is 0 Å². The summed E-state index contributed by atoms with van der Waals surface area (Å²) in [6, 6.07) is 0. The van der Waals surface area contributed by atoms with E-state index in [9.17, 15) is 0 Å². The van der Waals surface area contributed by atoms with E-state index in [1.54, 1.807) is 0 Å². The van der Waals surface area contributed by atoms with Gasteiger partial charge in [-0.1, -0.05) is 6.92 Å². The first-order valence-corrected chi connectivity index (χ1v) is 4.43. The molecule has 0 aromatic heterocycles. The van der Waals surface area contributed by atoms with Gasteiger partial charge in [0.15, 0.2) is 0 Å². The van der Waals surface area contributed by atoms with Crippen molar-refractivity contribution in [2.24, 2.45) is 4.99 Å². The lowest BCUT2D eigenvalue weighted by atomic mass is 10.3. The van der Waals surface area contributed by atoms with E-state index in [2.05, 4.69) is 22.8 Å². The molecule has 0 radical (unpaired) electrons. The van der Waals surface area contributed by atoms with Crippen molar-refractivity contribution in [1.29, 1.82) is 0 Å². The molecule has 13 heavy (non-hydrogen) atoms. The summed E-state index contributed by atoms with van der Waals surface area (Å²) in [7, 11) is 1.90. The van der Waals surface area contributed by atoms with Gasteiger partial charge in [0.1, 0.15) is 11.7 Å². The van der Waals surface area contributed by atoms with Crippen molar-refractivity contribution in [2.75, 3.05) is 13.6 Å². The Labute approximate surface area is 78.1 Å². The summed E-state index contributed by atoms with van der Waals surface area (Å²) in [5.41, 5.74) is 5.18. The zero-order valence-electron chi connectivity index (χ0n) is 8.04. The van der Waals surface area contributed by atoms with Crippen molar-refractivity contribution in [3.05, 3.63) is 11.9 Å². The molecule has 1 rings (SSSR count). The van der Waals surface area contributed by atoms with Gasteiger partial charge < -0.3 is 5.21 Å². The van der Waals surface area contributed by atoms with Crippen LogP contribution in [0, 0.1) is 0 Å². The van der Waals surface area contributed by atoms with Gasteiger partial charge in [-0.15, -0.1) is 0 Å². The Morgan fingerprint density at radius 2 is 2.46 bits per heavy atom. The van der Waals surface area contributed by atoms with Crippen molar-refractivity contribution < 1.29 is 5.21 Å². The fourth-order valence-corrected chi connectivity index (χ4v) is 1.16. The zero-order valence-corrected chi connectivity index (χ0v) is 8.04. The molecule has 3 N–H and O–H groups in total. The lowest BCUT2D eigenvalue weighted by molar-refractivity contribution is 0.179. The first-order chi connectivity index (χ1) is 6.27. The van der Waals surface area contributed by atoms with Crippen LogP contribution < -0.4 is 10.9 Å². The average Bonchev–Trinajstić information content (AvgIpc) is 2.44. The van der Waals surface area contributed by atoms with Crippen molar-refractivity contribution in [3.63, 3.8) is 0 Å². The normalized spacial score (nSPS) is 19.2. The van der Waals surface area contributed by atoms with Crippen LogP contribution in [0.3, 0.4) is 0 Å². The van der Waals surface area contributed by atoms with E-state index in [0.717, 1.165) is 24.5 Å². The third-order valence-electron chi connectivity index (χ3n) is 1.75. The Bertz CT molecular complexity index is 224. The predicted molar refractivity (Wildman–Crippen MR) is 51.1 cm³/mol. The van der Waals surface area contributed by atoms with Gasteiger partial charge in [0.05, 0.1) is 0 Å². The molecule has 0 aliphatic carbocycles. The number of hydrogen-bond donors (Lipinski definition) is 3. The van der Waals surface area contributed by atoms with E-state index in [4.69, 9.17) is 5.21 Å². The van der Waals surface area contributed by atoms with Crippen molar-refractivity contribution >= 4 is 5.84 Å². The number of hydrazine groups is 1. The molecule has 1 heterocycles. The highest BCUT2D eigenvalue weighted by Gasteiger charge is 2.13. The molecule has 0 fully saturated rings. The fourth-order valence-electron chi connectivity index (χ4n) is 1.16. The molecule has 0 spiro atoms. The summed E-state index contributed by atoms with van der Waals surface area (Å²) in [5, 5.41) is 10.2. The molecular weight excluding hydrogens is 168 g/mol. The van der Waals surface area contributed by atoms with Crippen LogP contribution in [0.1, 0.15) is 19.8 Å². The molecule has 0 saturated heterocycles. The molecule has 5 heteroatoms. The first kappa shape index (κ1) is 10.0. The molecule has 5 nitrogen and oxygen atoms in total. The third kappa shape index (κ3) is 2.71. The van der Waals surface area contributed by atoms with Crippen LogP contribution in [-0.2, 0) is 0 Å². The van der Waals surface area contributed by atoms with Crippen LogP contribution in [-0.4, -0.2) is 29.6 Å². The molecule has 1 aliphatic rings. The topological polar surface area (TPSA) is 59.9 Å². The second-order valence-electron chi connectivity index (χ2n) is 2.90. The summed E-state index contributed by atoms with van der Waals surface area (Å²) in [4.78, 5) is 4.34. The van der Waals surface area contributed by atoms with Crippen LogP contribution in [0.15, 0.2) is 16.9 Å². The Balaban J connectivity index is 2.55. The Kier molecular flexibility index (Phi) is 3.72. The average molecular weight is 184 g/mol. The van der Waals surface area contributed by atoms with Crippen LogP contribution >= 0.6 is 0 Å². The maximum absolute atomic E-state index is 8.40. The van der Waals surface area contributed by atoms with Gasteiger partial charge >= 0.3 is 0 Å². The van der Waals surface area contributed by atoms with Gasteiger partial charge in [0.2, 0.25) is 0 Å². The van der Waals surface area contributed by atoms with Crippen LogP contribution in [0.4, 0.5) is 0 Å². The van der Waals surface area contributed by atoms with E-state index in [0.29, 0.717) is 6.54 Å². The Morgan fingerprint density at radius 1 is 1.69 bits per heavy atom. The molecule has 0 atom stereocenters. The van der Waals surface area contributed by atoms with Gasteiger partial charge in [-0.25, -0.2) is 10.5 Å². The molecule has 0 aromatic carbocycles. The van der Waals surface area contributed by atoms with E-state index in [-0.39, 0.29) is 0 Å². The minimum Gasteiger partial charge on any atom is -0.317 e. The highest BCUT2D eigenvalue weighted by Crippen LogP contribution is 2.09. The second-order valence-corrected chi connectivity index (χ2v) is 2.90. The zero-order chi connectivity index (χ0) is 9.68. The monoisotopic (exact) mass is 184 g/mol. The van der Waals surface area contributed by atoms with Gasteiger partial charge in [-0.3, -0.25) is 10.4 Å². The summed E-state index contributed by atoms with van der Waals surface area (Å²) in [5.74, 6) is 1.82. The van der Waals surface area contributed by atoms with E-state index in [1.165, 1.54) is 0 Å². The van der Waals surface area contributed by atoms with Gasteiger partial charge in [0.25, 0.3) is 0 Å². The maximum atomic E-state index is 8.40. The van der Waals surface area contributed by atoms with E-state index in [1.807, 2.05) is 18.1 Å². The molecule has 0 saturated carbocycles. The Morgan fingerprint density at radius 3 is 3.08 bits per heavy atom. The summed E-state index contributed by atoms with van der Waals surface area (Å²) in [6.45, 7) is 2.52. The van der Waals surface area contributed by atoms with E-state index >= 15 is 0 Å². The fraction of sp³-hybridized carbons (Fsp3) is 0.625. The van der Waals surface area contributed by atoms with Gasteiger partial charge in [0, 0.05) is 20.0 Å². The number of amidine groups is 1. The van der Waals surface area contributed by atoms with Crippen molar-refractivity contribution in [3.8, 4) is 0 Å². The number of nitrogens with zero attached hydrogens (tertiary/aromatic N) is 2. The maximum Gasteiger partial charge on any atom is 0.146 e. The third-order valence-corrected chi connectivity index (χ3v) is 1.75. The Hall–Kier alpha value is -1.07. The highest BCUT2D eigenvalue weighted by molar-refractivity contribution is 5.84. The number of rotatable bonds is 4. The number of aliphatic imine (C=N–C) groups is 1. The van der Waals surface area contributed by atoms with Crippen molar-refractivity contribution in [1.82, 2.24) is 15.9 Å². The second kappa shape index (κ2) is 4.84. The molecule has 0 bridgehead atoms. The first-order valence-electron chi connectivity index (χ1n) is 4.43. The lowest BCUT2D eigenvalue weighted by Gasteiger charge is -2.12. The number of nitrogens with one attached hydrogen (secondary N) is 2. The lowest BCUT2D eigenvalue weighted by Crippen LogP contribution is -2.31. The predicted octanol–water partition coefficient (Wildman–Crippen LogP) is 0.455. The minimum atomic E-state index is 0.407. The molecule has 1 aliphatic heterocycles. The van der Waals surface area contributed by atoms with Crippen LogP contribution in [0.25, 0.3) is 0 Å². The van der Waals surface area contributed by atoms with Crippen molar-refractivity contribution in [2.45, 2.75) is 19.8 Å². The molecule has 74 valence electrons. The molecule has 0 aromatic rings. The molecule has 0 amide bonds. The summed E-state index contributed by atoms with van der Waals surface area (Å²) in [6.07, 6.45) is 3.84. The quantitative estimate of drug-likeness (QED) is 0.555. The summed E-state index contributed by atoms with van der Waals surface area (Å²) < 4.78 is 0. The van der Waals surface area contributed by atoms with E-state index < -0.39 is 0 Å². The molecular formula is C8H16N4O. The standard InChI is InChI=1S/C8H16N4O/c1-3-4-7-10-8(5-6-9-13)12(2)11-7/h5,9,13H,3-4,6H2,1-2H3,(H,10,11)/b8-5+. The largest absolute Gasteiger partial charge is 0.317 e. The summed E-state index contributed by atoms with van der Waals surface area (Å²) >= 11 is 0. The minimum absolute atomic E-state index is 0.407. The SMILES string of the molecule is CCCC1=N/C(=C\CNO)N(C)N1. The number of hydrogen-bond acceptors (Lipinski definition) is 5. The molecule has 0 unspecified atom stereocenters. The highest BCUT2D eigenvalue weighted by atomic mass is 16.5. The smallest absolute Gasteiger partial charge is 0.146 e. The van der Waals surface area contributed by atoms with Gasteiger partial charge in [-0.2, -0.15) is 0 Å². The number of hydroxylamine groups is 1. The van der Waals surface area contributed by atoms with Gasteiger partial charge in [-0.05, 0) is 12.5 Å².